The van der Waals surface area contributed by atoms with Crippen LogP contribution in [0, 0.1) is 0 Å². The van der Waals surface area contributed by atoms with E-state index in [0.717, 1.165) is 17.1 Å². The van der Waals surface area contributed by atoms with Gasteiger partial charge in [0.2, 0.25) is 0 Å². The van der Waals surface area contributed by atoms with E-state index in [2.05, 4.69) is 242 Å². The van der Waals surface area contributed by atoms with Gasteiger partial charge in [-0.3, -0.25) is 0 Å². The van der Waals surface area contributed by atoms with Crippen molar-refractivity contribution < 1.29 is 0 Å². The molecule has 2 aromatic heterocycles. The minimum Gasteiger partial charge on any atom is -0.309 e. The van der Waals surface area contributed by atoms with Gasteiger partial charge in [0.1, 0.15) is 0 Å². The van der Waals surface area contributed by atoms with Gasteiger partial charge < -0.3 is 9.30 Å². The Morgan fingerprint density at radius 3 is 1.72 bits per heavy atom. The number of hydrogen-bond donors (Lipinski definition) is 0. The number of aromatic nitrogens is 1. The Labute approximate surface area is 377 Å². The largest absolute Gasteiger partial charge is 0.309 e. The molecule has 0 N–H and O–H groups in total. The lowest BCUT2D eigenvalue weighted by atomic mass is 9.81. The molecule has 13 aromatic rings. The third-order valence-corrected chi connectivity index (χ3v) is 14.6. The van der Waals surface area contributed by atoms with Crippen LogP contribution in [0.1, 0.15) is 25.0 Å². The van der Waals surface area contributed by atoms with Gasteiger partial charge in [-0.15, -0.1) is 0 Å². The summed E-state index contributed by atoms with van der Waals surface area (Å²) in [6.45, 7) is 4.75. The van der Waals surface area contributed by atoms with E-state index < -0.39 is 0 Å². The van der Waals surface area contributed by atoms with E-state index in [-0.39, 0.29) is 5.41 Å². The normalized spacial score (nSPS) is 13.2. The molecule has 304 valence electrons. The average Bonchev–Trinajstić information content (AvgIpc) is 3.80. The van der Waals surface area contributed by atoms with Gasteiger partial charge in [-0.25, -0.2) is 0 Å². The molecule has 1 aliphatic carbocycles. The molecule has 0 saturated carbocycles. The van der Waals surface area contributed by atoms with Crippen molar-refractivity contribution in [3.8, 4) is 33.4 Å². The second-order valence-electron chi connectivity index (χ2n) is 18.5. The van der Waals surface area contributed by atoms with Gasteiger partial charge in [0.15, 0.2) is 0 Å². The van der Waals surface area contributed by atoms with Gasteiger partial charge in [0.25, 0.3) is 0 Å². The highest BCUT2D eigenvalue weighted by Crippen LogP contribution is 2.53. The molecule has 2 nitrogen and oxygen atoms in total. The zero-order chi connectivity index (χ0) is 43.0. The molecule has 0 amide bonds. The Hall–Kier alpha value is -8.20. The Kier molecular flexibility index (Phi) is 7.49. The fourth-order valence-corrected chi connectivity index (χ4v) is 11.7. The van der Waals surface area contributed by atoms with Crippen LogP contribution in [-0.2, 0) is 5.41 Å². The second kappa shape index (κ2) is 13.4. The van der Waals surface area contributed by atoms with Gasteiger partial charge in [-0.2, -0.15) is 0 Å². The minimum atomic E-state index is -0.121. The predicted octanol–water partition coefficient (Wildman–Crippen LogP) is 17.4. The number of para-hydroxylation sites is 2. The first-order valence-corrected chi connectivity index (χ1v) is 22.8. The molecule has 0 aliphatic heterocycles. The molecular weight excluding hydrogens is 785 g/mol. The van der Waals surface area contributed by atoms with Gasteiger partial charge in [-0.05, 0) is 120 Å². The Morgan fingerprint density at radius 2 is 0.938 bits per heavy atom. The van der Waals surface area contributed by atoms with Gasteiger partial charge >= 0.3 is 0 Å². The summed E-state index contributed by atoms with van der Waals surface area (Å²) in [5.41, 5.74) is 17.1. The lowest BCUT2D eigenvalue weighted by molar-refractivity contribution is 0.660. The number of rotatable bonds is 5. The van der Waals surface area contributed by atoms with Crippen LogP contribution < -0.4 is 4.90 Å². The third-order valence-electron chi connectivity index (χ3n) is 14.6. The quantitative estimate of drug-likeness (QED) is 0.124. The van der Waals surface area contributed by atoms with Crippen molar-refractivity contribution in [2.24, 2.45) is 0 Å². The van der Waals surface area contributed by atoms with E-state index in [9.17, 15) is 0 Å². The monoisotopic (exact) mass is 826 g/mol. The standard InChI is InChI=1S/C63H42N2/c1-63(2)55-27-13-10-25-48(55)49-32-31-43(35-56(49)63)47-24-12-15-29-58(47)64(57-28-14-11-23-46(57)39-17-4-3-5-18-39)44-37-53-51-33-40-19-6-7-20-41(40)36-60(51)65-59-30-16-26-50-45-22-9-8-21-42(45)34-52(61(50)59)54(38-44)62(53)65/h3-38H,1-2H3. The molecule has 2 heterocycles. The van der Waals surface area contributed by atoms with Crippen molar-refractivity contribution in [1.29, 1.82) is 0 Å². The van der Waals surface area contributed by atoms with E-state index in [4.69, 9.17) is 0 Å². The van der Waals surface area contributed by atoms with Crippen molar-refractivity contribution >= 4 is 87.5 Å². The highest BCUT2D eigenvalue weighted by molar-refractivity contribution is 6.32. The van der Waals surface area contributed by atoms with Crippen LogP contribution in [0.2, 0.25) is 0 Å². The molecule has 65 heavy (non-hydrogen) atoms. The Balaban J connectivity index is 1.12. The number of anilines is 3. The van der Waals surface area contributed by atoms with Crippen molar-refractivity contribution in [2.75, 3.05) is 4.90 Å². The van der Waals surface area contributed by atoms with Crippen LogP contribution in [0.5, 0.6) is 0 Å². The summed E-state index contributed by atoms with van der Waals surface area (Å²) in [5, 5.41) is 12.6. The van der Waals surface area contributed by atoms with E-state index in [1.807, 2.05) is 0 Å². The fraction of sp³-hybridized carbons (Fsp3) is 0.0476. The summed E-state index contributed by atoms with van der Waals surface area (Å²) in [5.74, 6) is 0. The van der Waals surface area contributed by atoms with Crippen molar-refractivity contribution in [1.82, 2.24) is 4.40 Å². The van der Waals surface area contributed by atoms with E-state index in [0.29, 0.717) is 0 Å². The topological polar surface area (TPSA) is 7.65 Å². The first kappa shape index (κ1) is 36.3. The Morgan fingerprint density at radius 1 is 0.354 bits per heavy atom. The maximum atomic E-state index is 2.56. The zero-order valence-corrected chi connectivity index (χ0v) is 36.2. The molecule has 0 radical (unpaired) electrons. The third kappa shape index (κ3) is 5.11. The molecule has 2 heteroatoms. The van der Waals surface area contributed by atoms with Crippen LogP contribution in [0.15, 0.2) is 218 Å². The molecular formula is C63H42N2. The first-order valence-electron chi connectivity index (χ1n) is 22.8. The molecule has 0 atom stereocenters. The van der Waals surface area contributed by atoms with Gasteiger partial charge in [0, 0.05) is 43.8 Å². The van der Waals surface area contributed by atoms with Crippen molar-refractivity contribution in [3.63, 3.8) is 0 Å². The first-order chi connectivity index (χ1) is 32.0. The van der Waals surface area contributed by atoms with Crippen molar-refractivity contribution in [2.45, 2.75) is 19.3 Å². The summed E-state index contributed by atoms with van der Waals surface area (Å²) in [6, 6.07) is 81.7. The van der Waals surface area contributed by atoms with E-state index >= 15 is 0 Å². The summed E-state index contributed by atoms with van der Waals surface area (Å²) < 4.78 is 2.56. The van der Waals surface area contributed by atoms with Gasteiger partial charge in [-0.1, -0.05) is 178 Å². The minimum absolute atomic E-state index is 0.121. The number of nitrogens with zero attached hydrogens (tertiary/aromatic N) is 2. The highest BCUT2D eigenvalue weighted by atomic mass is 15.1. The summed E-state index contributed by atoms with van der Waals surface area (Å²) in [4.78, 5) is 2.55. The molecule has 0 unspecified atom stereocenters. The van der Waals surface area contributed by atoms with Gasteiger partial charge in [0.05, 0.1) is 27.9 Å². The van der Waals surface area contributed by atoms with E-state index in [1.165, 1.54) is 115 Å². The Bertz CT molecular complexity index is 4100. The summed E-state index contributed by atoms with van der Waals surface area (Å²) in [6.07, 6.45) is 0. The number of fused-ring (bicyclic) bond motifs is 11. The highest BCUT2D eigenvalue weighted by Gasteiger charge is 2.35. The van der Waals surface area contributed by atoms with Crippen LogP contribution in [0.25, 0.3) is 104 Å². The molecule has 1 aliphatic rings. The number of benzene rings is 11. The fourth-order valence-electron chi connectivity index (χ4n) is 11.7. The van der Waals surface area contributed by atoms with Crippen molar-refractivity contribution in [3.05, 3.63) is 230 Å². The molecule has 0 bridgehead atoms. The van der Waals surface area contributed by atoms with E-state index in [1.54, 1.807) is 0 Å². The number of hydrogen-bond acceptors (Lipinski definition) is 1. The predicted molar refractivity (Wildman–Crippen MR) is 277 cm³/mol. The van der Waals surface area contributed by atoms with Crippen LogP contribution >= 0.6 is 0 Å². The smallest absolute Gasteiger partial charge is 0.0621 e. The number of pyridine rings is 1. The summed E-state index contributed by atoms with van der Waals surface area (Å²) >= 11 is 0. The molecule has 14 rings (SSSR count). The van der Waals surface area contributed by atoms with Crippen LogP contribution in [-0.4, -0.2) is 4.40 Å². The molecule has 0 fully saturated rings. The maximum absolute atomic E-state index is 2.56. The molecule has 11 aromatic carbocycles. The molecule has 0 spiro atoms. The average molecular weight is 827 g/mol. The van der Waals surface area contributed by atoms with Crippen LogP contribution in [0.3, 0.4) is 0 Å². The lowest BCUT2D eigenvalue weighted by Crippen LogP contribution is -2.15. The lowest BCUT2D eigenvalue weighted by Gasteiger charge is -2.31. The maximum Gasteiger partial charge on any atom is 0.0621 e. The summed E-state index contributed by atoms with van der Waals surface area (Å²) in [7, 11) is 0. The SMILES string of the molecule is CC1(C)c2ccccc2-c2ccc(-c3ccccc3N(c3cc4c5cc6ccccc6c6cccc(c65)n5c6cc7ccccc7cc6c(c3)c45)c3ccccc3-c3ccccc3)cc21. The second-order valence-corrected chi connectivity index (χ2v) is 18.5. The zero-order valence-electron chi connectivity index (χ0n) is 36.2. The molecule has 0 saturated heterocycles. The van der Waals surface area contributed by atoms with Crippen LogP contribution in [0.4, 0.5) is 17.1 Å².